The van der Waals surface area contributed by atoms with Gasteiger partial charge in [-0.2, -0.15) is 13.2 Å². The first-order valence-corrected chi connectivity index (χ1v) is 3.53. The van der Waals surface area contributed by atoms with Crippen LogP contribution in [0.4, 0.5) is 13.2 Å². The molecule has 0 aromatic carbocycles. The maximum absolute atomic E-state index is 12.0. The second-order valence-corrected chi connectivity index (χ2v) is 2.63. The van der Waals surface area contributed by atoms with E-state index < -0.39 is 18.0 Å². The Balaban J connectivity index is 4.10. The summed E-state index contributed by atoms with van der Waals surface area (Å²) in [5.74, 6) is -2.05. The molecule has 0 aliphatic carbocycles. The zero-order chi connectivity index (χ0) is 9.78. The van der Waals surface area contributed by atoms with Crippen LogP contribution < -0.4 is 0 Å². The molecule has 0 saturated carbocycles. The largest absolute Gasteiger partial charge is 0.399 e. The summed E-state index contributed by atoms with van der Waals surface area (Å²) >= 11 is 0. The van der Waals surface area contributed by atoms with E-state index in [1.807, 2.05) is 0 Å². The summed E-state index contributed by atoms with van der Waals surface area (Å²) in [6.45, 7) is 2.56. The fraction of sp³-hybridized carbons (Fsp3) is 0.857. The Morgan fingerprint density at radius 2 is 1.83 bits per heavy atom. The molecule has 0 heterocycles. The van der Waals surface area contributed by atoms with Crippen LogP contribution in [-0.4, -0.2) is 19.5 Å². The van der Waals surface area contributed by atoms with Crippen LogP contribution in [0.1, 0.15) is 13.8 Å². The van der Waals surface area contributed by atoms with Crippen LogP contribution in [0.15, 0.2) is 5.16 Å². The molecule has 1 unspecified atom stereocenters. The second kappa shape index (κ2) is 4.33. The van der Waals surface area contributed by atoms with Crippen molar-refractivity contribution in [1.29, 1.82) is 0 Å². The molecule has 0 bridgehead atoms. The average Bonchev–Trinajstić information content (AvgIpc) is 1.97. The van der Waals surface area contributed by atoms with Gasteiger partial charge in [0.2, 0.25) is 0 Å². The Labute approximate surface area is 69.4 Å². The lowest BCUT2D eigenvalue weighted by molar-refractivity contribution is -0.175. The van der Waals surface area contributed by atoms with Crippen molar-refractivity contribution in [2.24, 2.45) is 17.0 Å². The van der Waals surface area contributed by atoms with Gasteiger partial charge >= 0.3 is 6.18 Å². The smallest absolute Gasteiger partial charge is 0.392 e. The summed E-state index contributed by atoms with van der Waals surface area (Å²) in [5, 5.41) is 3.28. The van der Waals surface area contributed by atoms with Gasteiger partial charge in [0.1, 0.15) is 7.11 Å². The molecular formula is C7H12F3NO. The van der Waals surface area contributed by atoms with Crippen molar-refractivity contribution in [3.63, 3.8) is 0 Å². The van der Waals surface area contributed by atoms with E-state index in [1.54, 1.807) is 0 Å². The Bertz CT molecular complexity index is 155. The van der Waals surface area contributed by atoms with Crippen LogP contribution >= 0.6 is 0 Å². The predicted molar refractivity (Wildman–Crippen MR) is 39.9 cm³/mol. The summed E-state index contributed by atoms with van der Waals surface area (Å²) in [5.41, 5.74) is 0. The Morgan fingerprint density at radius 1 is 1.33 bits per heavy atom. The van der Waals surface area contributed by atoms with E-state index in [0.717, 1.165) is 13.1 Å². The first kappa shape index (κ1) is 11.3. The van der Waals surface area contributed by atoms with E-state index in [4.69, 9.17) is 0 Å². The van der Waals surface area contributed by atoms with Gasteiger partial charge < -0.3 is 4.84 Å². The van der Waals surface area contributed by atoms with Crippen LogP contribution in [0.2, 0.25) is 0 Å². The molecule has 0 N–H and O–H groups in total. The normalized spacial score (nSPS) is 17.8. The maximum atomic E-state index is 12.0. The number of nitrogens with zero attached hydrogens (tertiary/aromatic N) is 1. The molecule has 0 rings (SSSR count). The Hall–Kier alpha value is -0.740. The molecule has 0 amide bonds. The van der Waals surface area contributed by atoms with Gasteiger partial charge in [-0.1, -0.05) is 19.0 Å². The van der Waals surface area contributed by atoms with Crippen LogP contribution in [0.25, 0.3) is 0 Å². The van der Waals surface area contributed by atoms with Gasteiger partial charge in [-0.15, -0.1) is 0 Å². The molecule has 0 aromatic heterocycles. The highest BCUT2D eigenvalue weighted by Crippen LogP contribution is 2.30. The topological polar surface area (TPSA) is 21.6 Å². The molecule has 0 spiro atoms. The van der Waals surface area contributed by atoms with E-state index in [9.17, 15) is 13.2 Å². The maximum Gasteiger partial charge on any atom is 0.392 e. The van der Waals surface area contributed by atoms with Crippen molar-refractivity contribution in [1.82, 2.24) is 0 Å². The van der Waals surface area contributed by atoms with Crippen molar-refractivity contribution < 1.29 is 18.0 Å². The SMILES string of the molecule is CO/N=C/C(C)[C@@H](C)C(F)(F)F. The zero-order valence-electron chi connectivity index (χ0n) is 7.22. The van der Waals surface area contributed by atoms with Gasteiger partial charge in [0, 0.05) is 12.1 Å². The van der Waals surface area contributed by atoms with Crippen LogP contribution in [-0.2, 0) is 4.84 Å². The third kappa shape index (κ3) is 3.59. The number of oxime groups is 1. The van der Waals surface area contributed by atoms with E-state index in [0.29, 0.717) is 0 Å². The van der Waals surface area contributed by atoms with E-state index in [2.05, 4.69) is 9.99 Å². The first-order chi connectivity index (χ1) is 5.39. The number of halogens is 3. The molecule has 0 radical (unpaired) electrons. The summed E-state index contributed by atoms with van der Waals surface area (Å²) in [6.07, 6.45) is -3.02. The summed E-state index contributed by atoms with van der Waals surface area (Å²) in [4.78, 5) is 4.28. The van der Waals surface area contributed by atoms with E-state index in [-0.39, 0.29) is 0 Å². The number of alkyl halides is 3. The molecule has 0 aliphatic heterocycles. The van der Waals surface area contributed by atoms with Gasteiger partial charge in [-0.25, -0.2) is 0 Å². The van der Waals surface area contributed by atoms with Crippen molar-refractivity contribution in [2.75, 3.05) is 7.11 Å². The molecule has 0 fully saturated rings. The average molecular weight is 183 g/mol. The van der Waals surface area contributed by atoms with Crippen LogP contribution in [0.3, 0.4) is 0 Å². The number of hydrogen-bond acceptors (Lipinski definition) is 2. The number of hydrogen-bond donors (Lipinski definition) is 0. The molecule has 0 saturated heterocycles. The molecule has 12 heavy (non-hydrogen) atoms. The monoisotopic (exact) mass is 183 g/mol. The highest BCUT2D eigenvalue weighted by atomic mass is 19.4. The van der Waals surface area contributed by atoms with Crippen LogP contribution in [0.5, 0.6) is 0 Å². The highest BCUT2D eigenvalue weighted by Gasteiger charge is 2.38. The molecule has 0 aromatic rings. The van der Waals surface area contributed by atoms with Crippen molar-refractivity contribution in [3.05, 3.63) is 0 Å². The van der Waals surface area contributed by atoms with E-state index in [1.165, 1.54) is 14.0 Å². The zero-order valence-corrected chi connectivity index (χ0v) is 7.22. The van der Waals surface area contributed by atoms with Crippen molar-refractivity contribution in [3.8, 4) is 0 Å². The quantitative estimate of drug-likeness (QED) is 0.486. The van der Waals surface area contributed by atoms with Gasteiger partial charge in [-0.05, 0) is 0 Å². The third-order valence-corrected chi connectivity index (χ3v) is 1.71. The number of rotatable bonds is 3. The fourth-order valence-electron chi connectivity index (χ4n) is 0.584. The van der Waals surface area contributed by atoms with Crippen molar-refractivity contribution >= 4 is 6.21 Å². The lowest BCUT2D eigenvalue weighted by Crippen LogP contribution is -2.26. The highest BCUT2D eigenvalue weighted by molar-refractivity contribution is 5.59. The van der Waals surface area contributed by atoms with Gasteiger partial charge in [-0.3, -0.25) is 0 Å². The second-order valence-electron chi connectivity index (χ2n) is 2.63. The Morgan fingerprint density at radius 3 is 2.17 bits per heavy atom. The van der Waals surface area contributed by atoms with Crippen molar-refractivity contribution in [2.45, 2.75) is 20.0 Å². The first-order valence-electron chi connectivity index (χ1n) is 3.53. The van der Waals surface area contributed by atoms with Gasteiger partial charge in [0.05, 0.1) is 5.92 Å². The lowest BCUT2D eigenvalue weighted by atomic mass is 9.97. The predicted octanol–water partition coefficient (Wildman–Crippen LogP) is 2.45. The van der Waals surface area contributed by atoms with Gasteiger partial charge in [0.25, 0.3) is 0 Å². The molecule has 0 aliphatic rings. The minimum atomic E-state index is -4.17. The third-order valence-electron chi connectivity index (χ3n) is 1.71. The summed E-state index contributed by atoms with van der Waals surface area (Å²) < 4.78 is 36.1. The lowest BCUT2D eigenvalue weighted by Gasteiger charge is -2.18. The molecule has 72 valence electrons. The van der Waals surface area contributed by atoms with Gasteiger partial charge in [0.15, 0.2) is 0 Å². The molecular weight excluding hydrogens is 171 g/mol. The minimum absolute atomic E-state index is 0.662. The standard InChI is InChI=1S/C7H12F3NO/c1-5(4-11-12-3)6(2)7(8,9)10/h4-6H,1-3H3/b11-4+/t5?,6-/m1/s1. The van der Waals surface area contributed by atoms with E-state index >= 15 is 0 Å². The van der Waals surface area contributed by atoms with Crippen LogP contribution in [0, 0.1) is 11.8 Å². The minimum Gasteiger partial charge on any atom is -0.399 e. The summed E-state index contributed by atoms with van der Waals surface area (Å²) in [7, 11) is 1.29. The summed E-state index contributed by atoms with van der Waals surface area (Å²) in [6, 6.07) is 0. The fourth-order valence-corrected chi connectivity index (χ4v) is 0.584. The molecule has 5 heteroatoms. The molecule has 2 atom stereocenters. The Kier molecular flexibility index (Phi) is 4.06. The molecule has 2 nitrogen and oxygen atoms in total.